The van der Waals surface area contributed by atoms with Crippen LogP contribution in [0.25, 0.3) is 0 Å². The number of benzene rings is 3. The molecule has 3 aromatic carbocycles. The Morgan fingerprint density at radius 1 is 0.714 bits per heavy atom. The number of ether oxygens (including phenoxy) is 1. The SMILES string of the molecule is COc1ccccc1NC(=O)C1=C(C)NC(C)=C(C(=O)Nc2ccccc2C)[C@@H]1c1ccccc1. The number of hydrogen-bond acceptors (Lipinski definition) is 4. The van der Waals surface area contributed by atoms with E-state index in [0.29, 0.717) is 34.0 Å². The Balaban J connectivity index is 1.76. The van der Waals surface area contributed by atoms with Gasteiger partial charge in [0.1, 0.15) is 5.75 Å². The van der Waals surface area contributed by atoms with Crippen molar-refractivity contribution in [2.24, 2.45) is 0 Å². The van der Waals surface area contributed by atoms with E-state index in [1.165, 1.54) is 0 Å². The highest BCUT2D eigenvalue weighted by molar-refractivity contribution is 6.12. The van der Waals surface area contributed by atoms with Gasteiger partial charge in [0, 0.05) is 34.1 Å². The quantitative estimate of drug-likeness (QED) is 0.446. The van der Waals surface area contributed by atoms with E-state index in [0.717, 1.165) is 16.8 Å². The van der Waals surface area contributed by atoms with Crippen molar-refractivity contribution in [3.63, 3.8) is 0 Å². The Morgan fingerprint density at radius 2 is 1.23 bits per heavy atom. The molecule has 0 aliphatic carbocycles. The van der Waals surface area contributed by atoms with Gasteiger partial charge in [-0.05, 0) is 50.1 Å². The largest absolute Gasteiger partial charge is 0.495 e. The summed E-state index contributed by atoms with van der Waals surface area (Å²) in [5, 5.41) is 9.28. The number of aryl methyl sites for hydroxylation is 1. The molecule has 0 spiro atoms. The summed E-state index contributed by atoms with van der Waals surface area (Å²) in [4.78, 5) is 27.4. The van der Waals surface area contributed by atoms with E-state index >= 15 is 0 Å². The molecule has 6 heteroatoms. The minimum Gasteiger partial charge on any atom is -0.495 e. The number of methoxy groups -OCH3 is 1. The zero-order valence-electron chi connectivity index (χ0n) is 20.3. The van der Waals surface area contributed by atoms with Crippen LogP contribution in [0.15, 0.2) is 101 Å². The first-order chi connectivity index (χ1) is 16.9. The molecule has 0 saturated carbocycles. The van der Waals surface area contributed by atoms with Gasteiger partial charge in [0.05, 0.1) is 12.8 Å². The molecule has 0 fully saturated rings. The first-order valence-corrected chi connectivity index (χ1v) is 11.5. The van der Waals surface area contributed by atoms with Crippen molar-refractivity contribution < 1.29 is 14.3 Å². The Labute approximate surface area is 205 Å². The van der Waals surface area contributed by atoms with Crippen molar-refractivity contribution in [3.8, 4) is 5.75 Å². The average Bonchev–Trinajstić information content (AvgIpc) is 2.85. The molecule has 4 rings (SSSR count). The van der Waals surface area contributed by atoms with Gasteiger partial charge in [-0.25, -0.2) is 0 Å². The number of para-hydroxylation sites is 3. The second-order valence-electron chi connectivity index (χ2n) is 8.47. The number of dihydropyridines is 1. The summed E-state index contributed by atoms with van der Waals surface area (Å²) < 4.78 is 5.41. The summed E-state index contributed by atoms with van der Waals surface area (Å²) in [6.07, 6.45) is 0. The molecule has 1 aliphatic heterocycles. The number of amides is 2. The van der Waals surface area contributed by atoms with Crippen LogP contribution in [0, 0.1) is 6.92 Å². The summed E-state index contributed by atoms with van der Waals surface area (Å²) in [6, 6.07) is 24.5. The predicted molar refractivity (Wildman–Crippen MR) is 139 cm³/mol. The minimum atomic E-state index is -0.559. The molecule has 0 unspecified atom stereocenters. The van der Waals surface area contributed by atoms with Gasteiger partial charge in [0.25, 0.3) is 11.8 Å². The molecule has 2 amide bonds. The standard InChI is InChI=1S/C29H29N3O3/c1-18-12-8-9-15-22(18)31-28(33)25-19(2)30-20(3)26(27(25)21-13-6-5-7-14-21)29(34)32-23-16-10-11-17-24(23)35-4/h5-17,27,30H,1-4H3,(H,31,33)(H,32,34)/t27-/m0/s1. The summed E-state index contributed by atoms with van der Waals surface area (Å²) >= 11 is 0. The van der Waals surface area contributed by atoms with Crippen molar-refractivity contribution in [3.05, 3.63) is 113 Å². The molecule has 0 saturated heterocycles. The highest BCUT2D eigenvalue weighted by Crippen LogP contribution is 2.39. The maximum atomic E-state index is 13.7. The van der Waals surface area contributed by atoms with Crippen LogP contribution in [-0.2, 0) is 9.59 Å². The van der Waals surface area contributed by atoms with Crippen molar-refractivity contribution in [1.29, 1.82) is 0 Å². The molecule has 0 bridgehead atoms. The first kappa shape index (κ1) is 23.8. The number of allylic oxidation sites excluding steroid dienone is 2. The molecule has 35 heavy (non-hydrogen) atoms. The van der Waals surface area contributed by atoms with Crippen LogP contribution in [0.5, 0.6) is 5.75 Å². The molecule has 1 atom stereocenters. The molecule has 3 aromatic rings. The van der Waals surface area contributed by atoms with Crippen LogP contribution in [-0.4, -0.2) is 18.9 Å². The molecule has 0 radical (unpaired) electrons. The lowest BCUT2D eigenvalue weighted by molar-refractivity contribution is -0.113. The van der Waals surface area contributed by atoms with Gasteiger partial charge >= 0.3 is 0 Å². The number of anilines is 2. The predicted octanol–water partition coefficient (Wildman–Crippen LogP) is 5.52. The maximum absolute atomic E-state index is 13.7. The summed E-state index contributed by atoms with van der Waals surface area (Å²) in [7, 11) is 1.56. The van der Waals surface area contributed by atoms with Gasteiger partial charge in [0.15, 0.2) is 0 Å². The fourth-order valence-electron chi connectivity index (χ4n) is 4.42. The van der Waals surface area contributed by atoms with E-state index in [9.17, 15) is 9.59 Å². The number of rotatable bonds is 6. The van der Waals surface area contributed by atoms with E-state index in [2.05, 4.69) is 16.0 Å². The van der Waals surface area contributed by atoms with Crippen LogP contribution in [0.4, 0.5) is 11.4 Å². The van der Waals surface area contributed by atoms with Crippen LogP contribution >= 0.6 is 0 Å². The lowest BCUT2D eigenvalue weighted by Gasteiger charge is -2.31. The monoisotopic (exact) mass is 467 g/mol. The number of nitrogens with one attached hydrogen (secondary N) is 3. The first-order valence-electron chi connectivity index (χ1n) is 11.5. The third kappa shape index (κ3) is 4.96. The highest BCUT2D eigenvalue weighted by atomic mass is 16.5. The summed E-state index contributed by atoms with van der Waals surface area (Å²) in [5.41, 5.74) is 5.47. The van der Waals surface area contributed by atoms with Crippen LogP contribution in [0.1, 0.15) is 30.9 Å². The smallest absolute Gasteiger partial charge is 0.254 e. The molecule has 3 N–H and O–H groups in total. The Morgan fingerprint density at radius 3 is 1.83 bits per heavy atom. The molecule has 1 heterocycles. The lowest BCUT2D eigenvalue weighted by Crippen LogP contribution is -2.35. The van der Waals surface area contributed by atoms with Gasteiger partial charge in [-0.1, -0.05) is 60.7 Å². The average molecular weight is 468 g/mol. The maximum Gasteiger partial charge on any atom is 0.254 e. The number of carbonyl (C=O) groups is 2. The van der Waals surface area contributed by atoms with E-state index < -0.39 is 5.92 Å². The Kier molecular flexibility index (Phi) is 7.01. The van der Waals surface area contributed by atoms with Crippen molar-refractivity contribution >= 4 is 23.2 Å². The van der Waals surface area contributed by atoms with Crippen LogP contribution in [0.2, 0.25) is 0 Å². The topological polar surface area (TPSA) is 79.5 Å². The summed E-state index contributed by atoms with van der Waals surface area (Å²) in [6.45, 7) is 5.66. The van der Waals surface area contributed by atoms with Gasteiger partial charge in [-0.2, -0.15) is 0 Å². The van der Waals surface area contributed by atoms with Crippen molar-refractivity contribution in [2.75, 3.05) is 17.7 Å². The van der Waals surface area contributed by atoms with E-state index in [4.69, 9.17) is 4.74 Å². The Hall–Kier alpha value is -4.32. The summed E-state index contributed by atoms with van der Waals surface area (Å²) in [5.74, 6) is -0.560. The zero-order chi connectivity index (χ0) is 24.9. The van der Waals surface area contributed by atoms with Gasteiger partial charge in [0.2, 0.25) is 0 Å². The van der Waals surface area contributed by atoms with E-state index in [1.54, 1.807) is 19.2 Å². The molecular formula is C29H29N3O3. The number of hydrogen-bond donors (Lipinski definition) is 3. The molecule has 1 aliphatic rings. The third-order valence-electron chi connectivity index (χ3n) is 6.13. The molecule has 6 nitrogen and oxygen atoms in total. The van der Waals surface area contributed by atoms with Gasteiger partial charge in [-0.3, -0.25) is 9.59 Å². The second-order valence-corrected chi connectivity index (χ2v) is 8.47. The number of carbonyl (C=O) groups excluding carboxylic acids is 2. The van der Waals surface area contributed by atoms with Crippen molar-refractivity contribution in [2.45, 2.75) is 26.7 Å². The fourth-order valence-corrected chi connectivity index (χ4v) is 4.42. The fraction of sp³-hybridized carbons (Fsp3) is 0.172. The zero-order valence-corrected chi connectivity index (χ0v) is 20.3. The van der Waals surface area contributed by atoms with Crippen molar-refractivity contribution in [1.82, 2.24) is 5.32 Å². The van der Waals surface area contributed by atoms with Crippen LogP contribution < -0.4 is 20.7 Å². The third-order valence-corrected chi connectivity index (χ3v) is 6.13. The Bertz CT molecular complexity index is 1330. The molecular weight excluding hydrogens is 438 g/mol. The normalized spacial score (nSPS) is 15.4. The molecule has 178 valence electrons. The van der Waals surface area contributed by atoms with E-state index in [-0.39, 0.29) is 11.8 Å². The van der Waals surface area contributed by atoms with E-state index in [1.807, 2.05) is 87.5 Å². The van der Waals surface area contributed by atoms with Gasteiger partial charge in [-0.15, -0.1) is 0 Å². The molecule has 0 aromatic heterocycles. The van der Waals surface area contributed by atoms with Crippen LogP contribution in [0.3, 0.4) is 0 Å². The second kappa shape index (κ2) is 10.3. The minimum absolute atomic E-state index is 0.256. The highest BCUT2D eigenvalue weighted by Gasteiger charge is 2.36. The lowest BCUT2D eigenvalue weighted by atomic mass is 9.79. The van der Waals surface area contributed by atoms with Gasteiger partial charge < -0.3 is 20.7 Å².